The molecule has 194 valence electrons. The second kappa shape index (κ2) is 11.8. The van der Waals surface area contributed by atoms with Gasteiger partial charge in [-0.15, -0.1) is 0 Å². The number of carbonyl (C=O) groups is 1. The number of hydrogen-bond acceptors (Lipinski definition) is 11. The summed E-state index contributed by atoms with van der Waals surface area (Å²) in [6, 6.07) is 5.04. The predicted molar refractivity (Wildman–Crippen MR) is 139 cm³/mol. The van der Waals surface area contributed by atoms with E-state index < -0.39 is 14.0 Å². The third-order valence-corrected chi connectivity index (χ3v) is 6.75. The Morgan fingerprint density at radius 3 is 2.36 bits per heavy atom. The first kappa shape index (κ1) is 26.9. The Kier molecular flexibility index (Phi) is 8.82. The fourth-order valence-corrected chi connectivity index (χ4v) is 4.07. The molecule has 0 aliphatic carbocycles. The van der Waals surface area contributed by atoms with Gasteiger partial charge in [0.15, 0.2) is 11.4 Å². The van der Waals surface area contributed by atoms with Crippen LogP contribution in [0.2, 0.25) is 19.6 Å². The normalized spacial score (nSPS) is 11.3. The van der Waals surface area contributed by atoms with Gasteiger partial charge in [0.1, 0.15) is 8.07 Å². The summed E-state index contributed by atoms with van der Waals surface area (Å²) in [4.78, 5) is 32.2. The number of furan rings is 1. The Hall–Kier alpha value is -3.71. The molecule has 0 saturated heterocycles. The highest BCUT2D eigenvalue weighted by Gasteiger charge is 2.22. The van der Waals surface area contributed by atoms with Gasteiger partial charge < -0.3 is 34.2 Å². The quantitative estimate of drug-likeness (QED) is 0.272. The third kappa shape index (κ3) is 7.15. The van der Waals surface area contributed by atoms with Gasteiger partial charge in [-0.05, 0) is 39.2 Å². The van der Waals surface area contributed by atoms with Crippen molar-refractivity contribution in [1.29, 1.82) is 0 Å². The lowest BCUT2D eigenvalue weighted by molar-refractivity contribution is 0.0990. The minimum atomic E-state index is -1.64. The molecule has 2 N–H and O–H groups in total. The first-order valence-electron chi connectivity index (χ1n) is 11.4. The number of ether oxygens (including phenoxy) is 3. The van der Waals surface area contributed by atoms with E-state index in [2.05, 4.69) is 55.1 Å². The van der Waals surface area contributed by atoms with Gasteiger partial charge in [0.05, 0.1) is 14.2 Å². The second-order valence-corrected chi connectivity index (χ2v) is 14.2. The highest BCUT2D eigenvalue weighted by atomic mass is 28.3. The number of methoxy groups -OCH3 is 2. The number of anilines is 2. The third-order valence-electron chi connectivity index (χ3n) is 4.93. The lowest BCUT2D eigenvalue weighted by Gasteiger charge is -2.15. The number of amides is 1. The van der Waals surface area contributed by atoms with Gasteiger partial charge in [-0.2, -0.15) is 9.97 Å². The van der Waals surface area contributed by atoms with E-state index in [9.17, 15) is 4.79 Å². The Morgan fingerprint density at radius 2 is 1.75 bits per heavy atom. The molecule has 0 aliphatic heterocycles. The van der Waals surface area contributed by atoms with Crippen molar-refractivity contribution in [2.24, 2.45) is 0 Å². The number of nitrogens with one attached hydrogen (secondary N) is 2. The number of nitrogens with zero attached hydrogens (tertiary/aromatic N) is 5. The molecule has 3 heterocycles. The maximum atomic E-state index is 12.9. The van der Waals surface area contributed by atoms with Crippen LogP contribution in [0.25, 0.3) is 0 Å². The fourth-order valence-electron chi connectivity index (χ4n) is 3.07. The van der Waals surface area contributed by atoms with Crippen LogP contribution in [0.3, 0.4) is 0 Å². The summed E-state index contributed by atoms with van der Waals surface area (Å²) in [6.07, 6.45) is 2.54. The molecule has 0 aliphatic rings. The molecule has 0 fully saturated rings. The van der Waals surface area contributed by atoms with Gasteiger partial charge in [-0.25, -0.2) is 9.97 Å². The van der Waals surface area contributed by atoms with Gasteiger partial charge in [0.25, 0.3) is 11.9 Å². The molecule has 0 atom stereocenters. The van der Waals surface area contributed by atoms with Crippen molar-refractivity contribution in [3.63, 3.8) is 0 Å². The summed E-state index contributed by atoms with van der Waals surface area (Å²) in [7, 11) is 5.26. The van der Waals surface area contributed by atoms with Crippen molar-refractivity contribution in [1.82, 2.24) is 24.8 Å². The SMILES string of the molecule is COc1nc(NCCCN(C)C)nc(OC)c1NC(=O)c1ccc(Oc2nccc([Si](C)(C)C)n2)o1. The van der Waals surface area contributed by atoms with Crippen LogP contribution in [-0.2, 0) is 0 Å². The molecule has 0 spiro atoms. The van der Waals surface area contributed by atoms with E-state index in [1.165, 1.54) is 26.4 Å². The number of carbonyl (C=O) groups excluding carboxylic acids is 1. The Labute approximate surface area is 211 Å². The van der Waals surface area contributed by atoms with Gasteiger partial charge in [-0.1, -0.05) is 19.6 Å². The molecule has 13 heteroatoms. The second-order valence-electron chi connectivity index (χ2n) is 9.17. The van der Waals surface area contributed by atoms with Crippen LogP contribution >= 0.6 is 0 Å². The van der Waals surface area contributed by atoms with E-state index in [1.54, 1.807) is 6.20 Å². The van der Waals surface area contributed by atoms with E-state index in [1.807, 2.05) is 20.2 Å². The Balaban J connectivity index is 1.72. The molecule has 1 amide bonds. The number of hydrogen-bond donors (Lipinski definition) is 2. The van der Waals surface area contributed by atoms with Crippen LogP contribution in [0.15, 0.2) is 28.8 Å². The highest BCUT2D eigenvalue weighted by Crippen LogP contribution is 2.33. The molecule has 36 heavy (non-hydrogen) atoms. The van der Waals surface area contributed by atoms with Crippen molar-refractivity contribution in [2.75, 3.05) is 52.0 Å². The maximum Gasteiger partial charge on any atom is 0.324 e. The van der Waals surface area contributed by atoms with Crippen molar-refractivity contribution >= 4 is 30.9 Å². The van der Waals surface area contributed by atoms with Gasteiger partial charge in [-0.3, -0.25) is 4.79 Å². The van der Waals surface area contributed by atoms with Crippen molar-refractivity contribution in [3.05, 3.63) is 30.2 Å². The van der Waals surface area contributed by atoms with Crippen LogP contribution in [0.5, 0.6) is 23.7 Å². The standard InChI is InChI=1S/C23H33N7O5Si/c1-30(2)14-8-12-24-22-28-20(32-3)18(21(29-22)33-4)27-19(31)15-9-10-17(34-15)35-23-25-13-11-16(26-23)36(5,6)7/h9-11,13H,8,12,14H2,1-7H3,(H,27,31)(H,24,28,29). The topological polar surface area (TPSA) is 137 Å². The van der Waals surface area contributed by atoms with E-state index >= 15 is 0 Å². The average Bonchev–Trinajstić information content (AvgIpc) is 3.30. The summed E-state index contributed by atoms with van der Waals surface area (Å²) in [5.41, 5.74) is 0.175. The number of aromatic nitrogens is 4. The van der Waals surface area contributed by atoms with Crippen LogP contribution < -0.4 is 30.2 Å². The monoisotopic (exact) mass is 515 g/mol. The van der Waals surface area contributed by atoms with E-state index in [0.29, 0.717) is 12.5 Å². The largest absolute Gasteiger partial charge is 0.479 e. The molecule has 3 aromatic heterocycles. The summed E-state index contributed by atoms with van der Waals surface area (Å²) < 4.78 is 21.9. The van der Waals surface area contributed by atoms with Crippen LogP contribution in [0.4, 0.5) is 11.6 Å². The summed E-state index contributed by atoms with van der Waals surface area (Å²) >= 11 is 0. The van der Waals surface area contributed by atoms with Crippen LogP contribution in [0.1, 0.15) is 17.0 Å². The molecule has 0 radical (unpaired) electrons. The van der Waals surface area contributed by atoms with Crippen molar-refractivity contribution < 1.29 is 23.4 Å². The van der Waals surface area contributed by atoms with Crippen LogP contribution in [0, 0.1) is 0 Å². The van der Waals surface area contributed by atoms with E-state index in [4.69, 9.17) is 18.6 Å². The molecule has 0 unspecified atom stereocenters. The zero-order valence-corrected chi connectivity index (χ0v) is 22.7. The first-order valence-corrected chi connectivity index (χ1v) is 14.9. The molecule has 12 nitrogen and oxygen atoms in total. The Bertz CT molecular complexity index is 1150. The molecular weight excluding hydrogens is 482 g/mol. The summed E-state index contributed by atoms with van der Waals surface area (Å²) in [5, 5.41) is 6.78. The minimum absolute atomic E-state index is 0.00124. The zero-order chi connectivity index (χ0) is 26.3. The van der Waals surface area contributed by atoms with Gasteiger partial charge in [0, 0.05) is 24.1 Å². The first-order chi connectivity index (χ1) is 17.1. The van der Waals surface area contributed by atoms with E-state index in [-0.39, 0.29) is 35.2 Å². The molecule has 0 aromatic carbocycles. The molecule has 3 rings (SSSR count). The molecule has 3 aromatic rings. The molecule has 0 bridgehead atoms. The van der Waals surface area contributed by atoms with Gasteiger partial charge >= 0.3 is 6.01 Å². The summed E-state index contributed by atoms with van der Waals surface area (Å²) in [5.74, 6) is 0.139. The van der Waals surface area contributed by atoms with Gasteiger partial charge in [0.2, 0.25) is 17.7 Å². The van der Waals surface area contributed by atoms with Crippen molar-refractivity contribution in [3.8, 4) is 23.7 Å². The number of rotatable bonds is 12. The summed E-state index contributed by atoms with van der Waals surface area (Å²) in [6.45, 7) is 8.10. The maximum absolute atomic E-state index is 12.9. The van der Waals surface area contributed by atoms with Crippen LogP contribution in [-0.4, -0.2) is 80.2 Å². The highest BCUT2D eigenvalue weighted by molar-refractivity contribution is 6.88. The van der Waals surface area contributed by atoms with Crippen molar-refractivity contribution in [2.45, 2.75) is 26.1 Å². The fraction of sp³-hybridized carbons (Fsp3) is 0.435. The van der Waals surface area contributed by atoms with E-state index in [0.717, 1.165) is 18.3 Å². The zero-order valence-electron chi connectivity index (χ0n) is 21.7. The minimum Gasteiger partial charge on any atom is -0.479 e. The Morgan fingerprint density at radius 1 is 1.06 bits per heavy atom. The lowest BCUT2D eigenvalue weighted by atomic mass is 10.4. The lowest BCUT2D eigenvalue weighted by Crippen LogP contribution is -2.40. The predicted octanol–water partition coefficient (Wildman–Crippen LogP) is 2.83. The smallest absolute Gasteiger partial charge is 0.324 e. The molecular formula is C23H33N7O5Si. The molecule has 0 saturated carbocycles. The average molecular weight is 516 g/mol.